The van der Waals surface area contributed by atoms with Crippen LogP contribution in [0.3, 0.4) is 0 Å². The zero-order chi connectivity index (χ0) is 18.2. The molecule has 1 aliphatic heterocycles. The van der Waals surface area contributed by atoms with E-state index in [0.29, 0.717) is 6.54 Å². The molecule has 0 spiro atoms. The molecule has 2 N–H and O–H groups in total. The van der Waals surface area contributed by atoms with Crippen molar-refractivity contribution in [1.82, 2.24) is 4.90 Å². The van der Waals surface area contributed by atoms with E-state index in [9.17, 15) is 0 Å². The van der Waals surface area contributed by atoms with Crippen LogP contribution in [-0.4, -0.2) is 31.0 Å². The van der Waals surface area contributed by atoms with Gasteiger partial charge in [0.2, 0.25) is 0 Å². The van der Waals surface area contributed by atoms with Crippen LogP contribution in [0.4, 0.5) is 11.4 Å². The number of hydrogen-bond donors (Lipinski definition) is 2. The van der Waals surface area contributed by atoms with Crippen molar-refractivity contribution >= 4 is 28.8 Å². The highest BCUT2D eigenvalue weighted by molar-refractivity contribution is 6.30. The second-order valence-corrected chi connectivity index (χ2v) is 7.23. The summed E-state index contributed by atoms with van der Waals surface area (Å²) in [4.78, 5) is 7.17. The molecule has 138 valence electrons. The molecule has 2 aromatic carbocycles. The maximum atomic E-state index is 6.09. The minimum Gasteiger partial charge on any atom is -0.371 e. The lowest BCUT2D eigenvalue weighted by Gasteiger charge is -2.21. The van der Waals surface area contributed by atoms with Gasteiger partial charge in [-0.2, -0.15) is 0 Å². The SMILES string of the molecule is CN1CCCCCC(=NCc2cccc(Cl)c2)Nc2ccccc2NC1. The average molecular weight is 371 g/mol. The molecular weight excluding hydrogens is 344 g/mol. The van der Waals surface area contributed by atoms with Crippen LogP contribution in [0, 0.1) is 0 Å². The number of nitrogens with one attached hydrogen (secondary N) is 2. The molecule has 0 saturated heterocycles. The molecule has 0 amide bonds. The van der Waals surface area contributed by atoms with Crippen molar-refractivity contribution in [1.29, 1.82) is 0 Å². The summed E-state index contributed by atoms with van der Waals surface area (Å²) in [6.07, 6.45) is 4.52. The van der Waals surface area contributed by atoms with Gasteiger partial charge in [-0.3, -0.25) is 9.89 Å². The lowest BCUT2D eigenvalue weighted by atomic mass is 10.1. The number of para-hydroxylation sites is 2. The maximum absolute atomic E-state index is 6.09. The van der Waals surface area contributed by atoms with E-state index in [0.717, 1.165) is 53.9 Å². The molecule has 0 saturated carbocycles. The number of amidine groups is 1. The summed E-state index contributed by atoms with van der Waals surface area (Å²) in [7, 11) is 2.16. The third kappa shape index (κ3) is 5.75. The van der Waals surface area contributed by atoms with Gasteiger partial charge in [0.1, 0.15) is 5.84 Å². The van der Waals surface area contributed by atoms with E-state index < -0.39 is 0 Å². The smallest absolute Gasteiger partial charge is 0.101 e. The molecule has 1 aliphatic rings. The highest BCUT2D eigenvalue weighted by atomic mass is 35.5. The molecule has 4 nitrogen and oxygen atoms in total. The van der Waals surface area contributed by atoms with Gasteiger partial charge in [-0.1, -0.05) is 42.3 Å². The topological polar surface area (TPSA) is 39.7 Å². The summed E-state index contributed by atoms with van der Waals surface area (Å²) in [5.74, 6) is 1.04. The van der Waals surface area contributed by atoms with Crippen LogP contribution in [0.5, 0.6) is 0 Å². The quantitative estimate of drug-likeness (QED) is 0.760. The van der Waals surface area contributed by atoms with Crippen molar-refractivity contribution in [3.8, 4) is 0 Å². The van der Waals surface area contributed by atoms with E-state index in [-0.39, 0.29) is 0 Å². The number of fused-ring (bicyclic) bond motifs is 1. The summed E-state index contributed by atoms with van der Waals surface area (Å²) in [5.41, 5.74) is 3.31. The van der Waals surface area contributed by atoms with Gasteiger partial charge >= 0.3 is 0 Å². The molecule has 5 heteroatoms. The lowest BCUT2D eigenvalue weighted by molar-refractivity contribution is 0.347. The molecular formula is C21H27ClN4. The molecule has 0 bridgehead atoms. The van der Waals surface area contributed by atoms with Crippen LogP contribution in [0.2, 0.25) is 5.02 Å². The fraction of sp³-hybridized carbons (Fsp3) is 0.381. The Morgan fingerprint density at radius 3 is 2.73 bits per heavy atom. The first kappa shape index (κ1) is 18.7. The fourth-order valence-corrected chi connectivity index (χ4v) is 3.27. The van der Waals surface area contributed by atoms with Gasteiger partial charge < -0.3 is 10.6 Å². The number of hydrogen-bond acceptors (Lipinski definition) is 3. The average Bonchev–Trinajstić information content (AvgIpc) is 2.64. The van der Waals surface area contributed by atoms with Crippen LogP contribution in [0.15, 0.2) is 53.5 Å². The van der Waals surface area contributed by atoms with E-state index in [4.69, 9.17) is 16.6 Å². The van der Waals surface area contributed by atoms with E-state index in [1.165, 1.54) is 12.8 Å². The van der Waals surface area contributed by atoms with Gasteiger partial charge in [-0.15, -0.1) is 0 Å². The Bertz CT molecular complexity index is 744. The zero-order valence-electron chi connectivity index (χ0n) is 15.3. The van der Waals surface area contributed by atoms with Gasteiger partial charge in [-0.05, 0) is 56.3 Å². The van der Waals surface area contributed by atoms with Crippen molar-refractivity contribution in [2.24, 2.45) is 4.99 Å². The van der Waals surface area contributed by atoms with Gasteiger partial charge in [0.15, 0.2) is 0 Å². The Hall–Kier alpha value is -2.04. The van der Waals surface area contributed by atoms with Crippen molar-refractivity contribution in [3.63, 3.8) is 0 Å². The first-order valence-electron chi connectivity index (χ1n) is 9.27. The minimum absolute atomic E-state index is 0.640. The first-order valence-corrected chi connectivity index (χ1v) is 9.65. The van der Waals surface area contributed by atoms with Crippen LogP contribution < -0.4 is 10.6 Å². The molecule has 0 aromatic heterocycles. The Labute approximate surface area is 161 Å². The Balaban J connectivity index is 1.78. The molecule has 3 rings (SSSR count). The number of halogens is 1. The molecule has 0 atom stereocenters. The standard InChI is InChI=1S/C21H27ClN4/c1-26-13-6-2-3-12-21(23-15-17-8-7-9-18(22)14-17)25-20-11-5-4-10-19(20)24-16-26/h4-5,7-11,14,24H,2-3,6,12-13,15-16H2,1H3,(H,23,25). The molecule has 26 heavy (non-hydrogen) atoms. The zero-order valence-corrected chi connectivity index (χ0v) is 16.1. The number of nitrogens with zero attached hydrogens (tertiary/aromatic N) is 2. The number of benzene rings is 2. The summed E-state index contributed by atoms with van der Waals surface area (Å²) < 4.78 is 0. The summed E-state index contributed by atoms with van der Waals surface area (Å²) >= 11 is 6.09. The van der Waals surface area contributed by atoms with E-state index in [1.54, 1.807) is 0 Å². The largest absolute Gasteiger partial charge is 0.371 e. The van der Waals surface area contributed by atoms with E-state index in [2.05, 4.69) is 52.9 Å². The predicted octanol–water partition coefficient (Wildman–Crippen LogP) is 5.23. The molecule has 0 radical (unpaired) electrons. The van der Waals surface area contributed by atoms with Gasteiger partial charge in [0, 0.05) is 11.4 Å². The highest BCUT2D eigenvalue weighted by Gasteiger charge is 2.08. The normalized spacial score (nSPS) is 18.2. The Morgan fingerprint density at radius 2 is 1.88 bits per heavy atom. The monoisotopic (exact) mass is 370 g/mol. The van der Waals surface area contributed by atoms with Crippen molar-refractivity contribution in [2.75, 3.05) is 30.9 Å². The van der Waals surface area contributed by atoms with Gasteiger partial charge in [-0.25, -0.2) is 0 Å². The molecule has 1 heterocycles. The third-order valence-corrected chi connectivity index (χ3v) is 4.78. The summed E-state index contributed by atoms with van der Waals surface area (Å²) in [5, 5.41) is 7.83. The number of anilines is 2. The Kier molecular flexibility index (Phi) is 6.92. The number of rotatable bonds is 2. The fourth-order valence-electron chi connectivity index (χ4n) is 3.05. The van der Waals surface area contributed by atoms with Crippen LogP contribution in [0.25, 0.3) is 0 Å². The van der Waals surface area contributed by atoms with E-state index >= 15 is 0 Å². The molecule has 0 fully saturated rings. The van der Waals surface area contributed by atoms with Crippen LogP contribution in [-0.2, 0) is 6.54 Å². The minimum atomic E-state index is 0.640. The van der Waals surface area contributed by atoms with E-state index in [1.807, 2.05) is 18.2 Å². The first-order chi connectivity index (χ1) is 12.7. The van der Waals surface area contributed by atoms with Gasteiger partial charge in [0.25, 0.3) is 0 Å². The molecule has 0 aliphatic carbocycles. The van der Waals surface area contributed by atoms with Crippen LogP contribution >= 0.6 is 11.6 Å². The molecule has 0 unspecified atom stereocenters. The van der Waals surface area contributed by atoms with Crippen molar-refractivity contribution < 1.29 is 0 Å². The third-order valence-electron chi connectivity index (χ3n) is 4.54. The Morgan fingerprint density at radius 1 is 1.04 bits per heavy atom. The predicted molar refractivity (Wildman–Crippen MR) is 112 cm³/mol. The molecule has 2 aromatic rings. The summed E-state index contributed by atoms with van der Waals surface area (Å²) in [6, 6.07) is 16.2. The highest BCUT2D eigenvalue weighted by Crippen LogP contribution is 2.22. The second-order valence-electron chi connectivity index (χ2n) is 6.79. The summed E-state index contributed by atoms with van der Waals surface area (Å²) in [6.45, 7) is 2.59. The second kappa shape index (κ2) is 9.60. The van der Waals surface area contributed by atoms with Gasteiger partial charge in [0.05, 0.1) is 24.6 Å². The maximum Gasteiger partial charge on any atom is 0.101 e. The van der Waals surface area contributed by atoms with Crippen molar-refractivity contribution in [3.05, 3.63) is 59.1 Å². The lowest BCUT2D eigenvalue weighted by Crippen LogP contribution is -2.27. The number of aliphatic imine (C=N–C) groups is 1. The van der Waals surface area contributed by atoms with Crippen molar-refractivity contribution in [2.45, 2.75) is 32.2 Å². The van der Waals surface area contributed by atoms with Crippen LogP contribution in [0.1, 0.15) is 31.2 Å².